The first kappa shape index (κ1) is 24.4. The van der Waals surface area contributed by atoms with Crippen molar-refractivity contribution >= 4 is 17.7 Å². The Labute approximate surface area is 170 Å². The lowest BCUT2D eigenvalue weighted by atomic mass is 9.93. The van der Waals surface area contributed by atoms with Crippen LogP contribution in [0.3, 0.4) is 0 Å². The Morgan fingerprint density at radius 1 is 1.07 bits per heavy atom. The van der Waals surface area contributed by atoms with Crippen LogP contribution in [0.2, 0.25) is 0 Å². The van der Waals surface area contributed by atoms with Crippen molar-refractivity contribution in [1.29, 1.82) is 0 Å². The van der Waals surface area contributed by atoms with Gasteiger partial charge in [-0.05, 0) is 37.8 Å². The molecule has 1 fully saturated rings. The smallest absolute Gasteiger partial charge is 0.246 e. The van der Waals surface area contributed by atoms with Crippen LogP contribution in [-0.2, 0) is 14.4 Å². The molecule has 3 N–H and O–H groups in total. The van der Waals surface area contributed by atoms with Gasteiger partial charge in [-0.1, -0.05) is 54.4 Å². The molecule has 0 aromatic heterocycles. The van der Waals surface area contributed by atoms with Gasteiger partial charge in [0.05, 0.1) is 6.04 Å². The third-order valence-corrected chi connectivity index (χ3v) is 6.30. The van der Waals surface area contributed by atoms with Gasteiger partial charge in [0.15, 0.2) is 0 Å². The lowest BCUT2D eigenvalue weighted by Crippen LogP contribution is -2.59. The van der Waals surface area contributed by atoms with E-state index < -0.39 is 18.0 Å². The summed E-state index contributed by atoms with van der Waals surface area (Å²) in [7, 11) is 0. The minimum absolute atomic E-state index is 0.0279. The molecule has 0 aromatic carbocycles. The number of amides is 3. The van der Waals surface area contributed by atoms with E-state index in [1.54, 1.807) is 4.90 Å². The third kappa shape index (κ3) is 5.69. The zero-order chi connectivity index (χ0) is 21.4. The van der Waals surface area contributed by atoms with Crippen molar-refractivity contribution < 1.29 is 14.4 Å². The lowest BCUT2D eigenvalue weighted by Gasteiger charge is -2.36. The van der Waals surface area contributed by atoms with E-state index in [-0.39, 0.29) is 29.7 Å². The molecule has 0 aromatic rings. The highest BCUT2D eigenvalue weighted by atomic mass is 16.2. The van der Waals surface area contributed by atoms with Gasteiger partial charge in [0, 0.05) is 6.54 Å². The summed E-state index contributed by atoms with van der Waals surface area (Å²) in [4.78, 5) is 42.0. The summed E-state index contributed by atoms with van der Waals surface area (Å²) in [5.74, 6) is -0.615. The second kappa shape index (κ2) is 11.4. The molecule has 0 radical (unpaired) electrons. The van der Waals surface area contributed by atoms with Crippen molar-refractivity contribution in [2.24, 2.45) is 17.6 Å². The summed E-state index contributed by atoms with van der Waals surface area (Å²) in [6.07, 6.45) is 2.99. The minimum Gasteiger partial charge on any atom is -0.368 e. The zero-order valence-corrected chi connectivity index (χ0v) is 18.5. The number of likely N-dealkylation sites (N-methyl/N-ethyl adjacent to an activating group) is 1. The quantitative estimate of drug-likeness (QED) is 0.556. The van der Waals surface area contributed by atoms with Crippen LogP contribution in [0.15, 0.2) is 0 Å². The molecule has 1 heterocycles. The molecule has 1 saturated heterocycles. The Balaban J connectivity index is 3.08. The summed E-state index contributed by atoms with van der Waals surface area (Å²) >= 11 is 0. The fourth-order valence-corrected chi connectivity index (χ4v) is 4.05. The van der Waals surface area contributed by atoms with Gasteiger partial charge in [0.25, 0.3) is 0 Å². The van der Waals surface area contributed by atoms with Gasteiger partial charge in [0.1, 0.15) is 12.1 Å². The number of hydrogen-bond acceptors (Lipinski definition) is 4. The molecule has 7 heteroatoms. The molecule has 5 atom stereocenters. The van der Waals surface area contributed by atoms with Gasteiger partial charge in [-0.3, -0.25) is 19.3 Å². The first-order valence-electron chi connectivity index (χ1n) is 10.9. The maximum Gasteiger partial charge on any atom is 0.246 e. The number of carbonyl (C=O) groups is 3. The van der Waals surface area contributed by atoms with E-state index in [4.69, 9.17) is 5.73 Å². The maximum absolute atomic E-state index is 13.3. The van der Waals surface area contributed by atoms with E-state index in [0.29, 0.717) is 13.0 Å². The van der Waals surface area contributed by atoms with Crippen LogP contribution in [0.1, 0.15) is 67.2 Å². The van der Waals surface area contributed by atoms with Crippen LogP contribution in [0.5, 0.6) is 0 Å². The fourth-order valence-electron chi connectivity index (χ4n) is 4.05. The third-order valence-electron chi connectivity index (χ3n) is 6.30. The Bertz CT molecular complexity index is 536. The van der Waals surface area contributed by atoms with Crippen molar-refractivity contribution in [3.8, 4) is 0 Å². The predicted octanol–water partition coefficient (Wildman–Crippen LogP) is 1.75. The molecule has 28 heavy (non-hydrogen) atoms. The van der Waals surface area contributed by atoms with Crippen LogP contribution >= 0.6 is 0 Å². The largest absolute Gasteiger partial charge is 0.368 e. The normalized spacial score (nSPS) is 21.2. The molecule has 162 valence electrons. The zero-order valence-electron chi connectivity index (χ0n) is 18.5. The maximum atomic E-state index is 13.3. The van der Waals surface area contributed by atoms with Crippen LogP contribution in [-0.4, -0.2) is 65.3 Å². The molecule has 0 unspecified atom stereocenters. The highest BCUT2D eigenvalue weighted by Gasteiger charge is 2.39. The molecular weight excluding hydrogens is 356 g/mol. The number of hydrogen-bond donors (Lipinski definition) is 2. The van der Waals surface area contributed by atoms with Crippen molar-refractivity contribution in [1.82, 2.24) is 15.1 Å². The van der Waals surface area contributed by atoms with Gasteiger partial charge >= 0.3 is 0 Å². The van der Waals surface area contributed by atoms with Crippen LogP contribution in [0, 0.1) is 11.8 Å². The summed E-state index contributed by atoms with van der Waals surface area (Å²) in [6.45, 7) is 14.3. The summed E-state index contributed by atoms with van der Waals surface area (Å²) < 4.78 is 0. The van der Waals surface area contributed by atoms with E-state index >= 15 is 0 Å². The molecule has 3 amide bonds. The average molecular weight is 397 g/mol. The van der Waals surface area contributed by atoms with Gasteiger partial charge < -0.3 is 16.0 Å². The van der Waals surface area contributed by atoms with Crippen LogP contribution < -0.4 is 11.1 Å². The molecule has 0 spiro atoms. The topological polar surface area (TPSA) is 95.7 Å². The van der Waals surface area contributed by atoms with Crippen molar-refractivity contribution in [3.63, 3.8) is 0 Å². The molecular formula is C21H40N4O3. The lowest BCUT2D eigenvalue weighted by molar-refractivity contribution is -0.143. The molecule has 0 bridgehead atoms. The fraction of sp³-hybridized carbons (Fsp3) is 0.857. The molecule has 7 nitrogen and oxygen atoms in total. The second-order valence-corrected chi connectivity index (χ2v) is 8.02. The number of nitrogens with one attached hydrogen (secondary N) is 1. The van der Waals surface area contributed by atoms with E-state index in [2.05, 4.69) is 24.1 Å². The standard InChI is InChI=1S/C21H40N4O3/c1-7-14(5)17(21(28)25-13-11-12-16(25)19(22)26)23-20(27)18(15(6)8-2)24(9-3)10-4/h14-18H,7-13H2,1-6H3,(H2,22,26)(H,23,27)/t14-,15-,16-,17-,18-/m0/s1. The van der Waals surface area contributed by atoms with Crippen LogP contribution in [0.4, 0.5) is 0 Å². The Kier molecular flexibility index (Phi) is 9.93. The molecule has 1 aliphatic rings. The van der Waals surface area contributed by atoms with E-state index in [9.17, 15) is 14.4 Å². The summed E-state index contributed by atoms with van der Waals surface area (Å²) in [5, 5.41) is 3.04. The Morgan fingerprint density at radius 3 is 2.11 bits per heavy atom. The van der Waals surface area contributed by atoms with E-state index in [1.165, 1.54) is 0 Å². The van der Waals surface area contributed by atoms with Gasteiger partial charge in [0.2, 0.25) is 17.7 Å². The number of nitrogens with zero attached hydrogens (tertiary/aromatic N) is 2. The second-order valence-electron chi connectivity index (χ2n) is 8.02. The highest BCUT2D eigenvalue weighted by molar-refractivity contribution is 5.93. The molecule has 0 aliphatic carbocycles. The predicted molar refractivity (Wildman–Crippen MR) is 111 cm³/mol. The van der Waals surface area contributed by atoms with Gasteiger partial charge in [-0.2, -0.15) is 0 Å². The van der Waals surface area contributed by atoms with Crippen molar-refractivity contribution in [2.75, 3.05) is 19.6 Å². The molecule has 1 aliphatic heterocycles. The number of nitrogens with two attached hydrogens (primary N) is 1. The van der Waals surface area contributed by atoms with E-state index in [1.807, 2.05) is 27.7 Å². The number of likely N-dealkylation sites (tertiary alicyclic amines) is 1. The first-order valence-corrected chi connectivity index (χ1v) is 10.9. The molecule has 1 rings (SSSR count). The minimum atomic E-state index is -0.639. The summed E-state index contributed by atoms with van der Waals surface area (Å²) in [6, 6.07) is -1.48. The molecule has 0 saturated carbocycles. The number of carbonyl (C=O) groups excluding carboxylic acids is 3. The Hall–Kier alpha value is -1.63. The number of rotatable bonds is 11. The van der Waals surface area contributed by atoms with Crippen LogP contribution in [0.25, 0.3) is 0 Å². The Morgan fingerprint density at radius 2 is 1.64 bits per heavy atom. The average Bonchev–Trinajstić information content (AvgIpc) is 3.18. The highest BCUT2D eigenvalue weighted by Crippen LogP contribution is 2.22. The van der Waals surface area contributed by atoms with E-state index in [0.717, 1.165) is 32.4 Å². The SMILES string of the molecule is CC[C@H](C)[C@H](NC(=O)[C@H]([C@@H](C)CC)N(CC)CC)C(=O)N1CCC[C@H]1C(N)=O. The van der Waals surface area contributed by atoms with Crippen molar-refractivity contribution in [3.05, 3.63) is 0 Å². The van der Waals surface area contributed by atoms with Crippen molar-refractivity contribution in [2.45, 2.75) is 85.4 Å². The van der Waals surface area contributed by atoms with Gasteiger partial charge in [-0.15, -0.1) is 0 Å². The monoisotopic (exact) mass is 396 g/mol. The van der Waals surface area contributed by atoms with Gasteiger partial charge in [-0.25, -0.2) is 0 Å². The first-order chi connectivity index (χ1) is 13.2. The summed E-state index contributed by atoms with van der Waals surface area (Å²) in [5.41, 5.74) is 5.49. The number of primary amides is 1.